The first-order valence-electron chi connectivity index (χ1n) is 6.62. The summed E-state index contributed by atoms with van der Waals surface area (Å²) in [6.07, 6.45) is 4.64. The Hall–Kier alpha value is -1.42. The quantitative estimate of drug-likeness (QED) is 0.903. The zero-order chi connectivity index (χ0) is 12.3. The molecule has 3 nitrogen and oxygen atoms in total. The number of aromatic nitrogens is 2. The van der Waals surface area contributed by atoms with E-state index in [1.165, 1.54) is 25.0 Å². The first-order valence-corrected chi connectivity index (χ1v) is 6.62. The summed E-state index contributed by atoms with van der Waals surface area (Å²) in [5.41, 5.74) is 7.82. The van der Waals surface area contributed by atoms with Crippen LogP contribution >= 0.6 is 0 Å². The van der Waals surface area contributed by atoms with Crippen molar-refractivity contribution >= 4 is 11.0 Å². The van der Waals surface area contributed by atoms with E-state index in [0.717, 1.165) is 29.7 Å². The van der Waals surface area contributed by atoms with Gasteiger partial charge in [-0.2, -0.15) is 0 Å². The molecule has 0 bridgehead atoms. The molecule has 2 saturated carbocycles. The molecule has 0 amide bonds. The van der Waals surface area contributed by atoms with Gasteiger partial charge in [0, 0.05) is 24.1 Å². The molecule has 2 N–H and O–H groups in total. The molecule has 2 aromatic rings. The van der Waals surface area contributed by atoms with Crippen molar-refractivity contribution in [2.24, 2.45) is 5.73 Å². The number of benzene rings is 1. The summed E-state index contributed by atoms with van der Waals surface area (Å²) >= 11 is 0. The van der Waals surface area contributed by atoms with Gasteiger partial charge in [0.25, 0.3) is 0 Å². The molecule has 0 unspecified atom stereocenters. The molecule has 2 fully saturated rings. The summed E-state index contributed by atoms with van der Waals surface area (Å²) < 4.78 is 15.6. The molecular formula is C14H16FN3. The van der Waals surface area contributed by atoms with E-state index in [0.29, 0.717) is 12.6 Å². The molecule has 1 aromatic carbocycles. The highest BCUT2D eigenvalue weighted by atomic mass is 19.1. The standard InChI is InChI=1S/C14H16FN3/c15-9-1-4-12-11(7-9)17-13(14(8-16)5-6-14)18(12)10-2-3-10/h1,4,7,10H,2-3,5-6,8,16H2. The van der Waals surface area contributed by atoms with Crippen LogP contribution in [0.15, 0.2) is 18.2 Å². The van der Waals surface area contributed by atoms with Gasteiger partial charge in [-0.05, 0) is 37.8 Å². The van der Waals surface area contributed by atoms with Crippen LogP contribution in [0.4, 0.5) is 4.39 Å². The maximum Gasteiger partial charge on any atom is 0.125 e. The number of rotatable bonds is 3. The third-order valence-electron chi connectivity index (χ3n) is 4.28. The normalized spacial score (nSPS) is 21.4. The van der Waals surface area contributed by atoms with Gasteiger partial charge in [0.15, 0.2) is 0 Å². The SMILES string of the molecule is NCC1(c2nc3cc(F)ccc3n2C2CC2)CC1. The molecule has 18 heavy (non-hydrogen) atoms. The number of hydrogen-bond donors (Lipinski definition) is 1. The van der Waals surface area contributed by atoms with Crippen LogP contribution < -0.4 is 5.73 Å². The van der Waals surface area contributed by atoms with Crippen molar-refractivity contribution in [2.45, 2.75) is 37.1 Å². The average molecular weight is 245 g/mol. The number of imidazole rings is 1. The van der Waals surface area contributed by atoms with E-state index in [-0.39, 0.29) is 11.2 Å². The molecule has 0 saturated heterocycles. The highest BCUT2D eigenvalue weighted by molar-refractivity contribution is 5.77. The van der Waals surface area contributed by atoms with Crippen molar-refractivity contribution in [3.8, 4) is 0 Å². The Morgan fingerprint density at radius 3 is 2.78 bits per heavy atom. The second-order valence-corrected chi connectivity index (χ2v) is 5.65. The lowest BCUT2D eigenvalue weighted by Gasteiger charge is -2.15. The largest absolute Gasteiger partial charge is 0.329 e. The van der Waals surface area contributed by atoms with Crippen LogP contribution in [0.1, 0.15) is 37.5 Å². The number of nitrogens with two attached hydrogens (primary N) is 1. The maximum atomic E-state index is 13.3. The number of fused-ring (bicyclic) bond motifs is 1. The highest BCUT2D eigenvalue weighted by Gasteiger charge is 2.48. The van der Waals surface area contributed by atoms with E-state index in [2.05, 4.69) is 9.55 Å². The average Bonchev–Trinajstić information content (AvgIpc) is 3.27. The number of nitrogens with zero attached hydrogens (tertiary/aromatic N) is 2. The second kappa shape index (κ2) is 3.32. The predicted octanol–water partition coefficient (Wildman–Crippen LogP) is 2.50. The summed E-state index contributed by atoms with van der Waals surface area (Å²) in [6, 6.07) is 5.46. The van der Waals surface area contributed by atoms with Crippen LogP contribution in [0.2, 0.25) is 0 Å². The van der Waals surface area contributed by atoms with Gasteiger partial charge in [0.1, 0.15) is 11.6 Å². The molecule has 0 atom stereocenters. The lowest BCUT2D eigenvalue weighted by atomic mass is 10.1. The Bertz CT molecular complexity index is 623. The molecule has 0 spiro atoms. The van der Waals surface area contributed by atoms with Crippen LogP contribution in [0.25, 0.3) is 11.0 Å². The fourth-order valence-corrected chi connectivity index (χ4v) is 2.82. The predicted molar refractivity (Wildman–Crippen MR) is 67.9 cm³/mol. The van der Waals surface area contributed by atoms with E-state index in [9.17, 15) is 4.39 Å². The lowest BCUT2D eigenvalue weighted by Crippen LogP contribution is -2.24. The van der Waals surface area contributed by atoms with Gasteiger partial charge in [-0.15, -0.1) is 0 Å². The van der Waals surface area contributed by atoms with E-state index in [1.54, 1.807) is 0 Å². The first kappa shape index (κ1) is 10.5. The molecular weight excluding hydrogens is 229 g/mol. The minimum Gasteiger partial charge on any atom is -0.329 e. The Kier molecular flexibility index (Phi) is 1.94. The first-order chi connectivity index (χ1) is 8.73. The van der Waals surface area contributed by atoms with Crippen molar-refractivity contribution in [1.29, 1.82) is 0 Å². The Morgan fingerprint density at radius 1 is 1.39 bits per heavy atom. The molecule has 4 rings (SSSR count). The zero-order valence-corrected chi connectivity index (χ0v) is 10.2. The van der Waals surface area contributed by atoms with Crippen LogP contribution in [0.3, 0.4) is 0 Å². The van der Waals surface area contributed by atoms with E-state index in [1.807, 2.05) is 6.07 Å². The Morgan fingerprint density at radius 2 is 2.17 bits per heavy atom. The fraction of sp³-hybridized carbons (Fsp3) is 0.500. The van der Waals surface area contributed by atoms with Gasteiger partial charge >= 0.3 is 0 Å². The van der Waals surface area contributed by atoms with Crippen LogP contribution in [-0.4, -0.2) is 16.1 Å². The molecule has 1 heterocycles. The van der Waals surface area contributed by atoms with Gasteiger partial charge in [0.05, 0.1) is 11.0 Å². The van der Waals surface area contributed by atoms with Gasteiger partial charge in [-0.1, -0.05) is 0 Å². The van der Waals surface area contributed by atoms with E-state index >= 15 is 0 Å². The molecule has 0 aliphatic heterocycles. The minimum absolute atomic E-state index is 0.0675. The maximum absolute atomic E-state index is 13.3. The highest BCUT2D eigenvalue weighted by Crippen LogP contribution is 2.50. The Balaban J connectivity index is 1.98. The van der Waals surface area contributed by atoms with Gasteiger partial charge in [-0.3, -0.25) is 0 Å². The van der Waals surface area contributed by atoms with Gasteiger partial charge in [-0.25, -0.2) is 9.37 Å². The molecule has 94 valence electrons. The van der Waals surface area contributed by atoms with Gasteiger partial charge < -0.3 is 10.3 Å². The van der Waals surface area contributed by atoms with E-state index < -0.39 is 0 Å². The summed E-state index contributed by atoms with van der Waals surface area (Å²) in [7, 11) is 0. The smallest absolute Gasteiger partial charge is 0.125 e. The molecule has 2 aliphatic carbocycles. The van der Waals surface area contributed by atoms with Crippen LogP contribution in [0.5, 0.6) is 0 Å². The van der Waals surface area contributed by atoms with Crippen molar-refractivity contribution in [3.05, 3.63) is 29.8 Å². The van der Waals surface area contributed by atoms with Crippen molar-refractivity contribution in [1.82, 2.24) is 9.55 Å². The fourth-order valence-electron chi connectivity index (χ4n) is 2.82. The molecule has 0 radical (unpaired) electrons. The Labute approximate surface area is 105 Å². The summed E-state index contributed by atoms with van der Waals surface area (Å²) in [6.45, 7) is 0.644. The number of hydrogen-bond acceptors (Lipinski definition) is 2. The third-order valence-corrected chi connectivity index (χ3v) is 4.28. The monoisotopic (exact) mass is 245 g/mol. The number of halogens is 1. The van der Waals surface area contributed by atoms with E-state index in [4.69, 9.17) is 5.73 Å². The second-order valence-electron chi connectivity index (χ2n) is 5.65. The van der Waals surface area contributed by atoms with Crippen molar-refractivity contribution < 1.29 is 4.39 Å². The summed E-state index contributed by atoms with van der Waals surface area (Å²) in [5.74, 6) is 0.875. The molecule has 2 aliphatic rings. The summed E-state index contributed by atoms with van der Waals surface area (Å²) in [5, 5.41) is 0. The van der Waals surface area contributed by atoms with Crippen LogP contribution in [0, 0.1) is 5.82 Å². The molecule has 1 aromatic heterocycles. The van der Waals surface area contributed by atoms with Gasteiger partial charge in [0.2, 0.25) is 0 Å². The lowest BCUT2D eigenvalue weighted by molar-refractivity contribution is 0.586. The summed E-state index contributed by atoms with van der Waals surface area (Å²) in [4.78, 5) is 4.68. The van der Waals surface area contributed by atoms with Crippen LogP contribution in [-0.2, 0) is 5.41 Å². The third kappa shape index (κ3) is 1.35. The zero-order valence-electron chi connectivity index (χ0n) is 10.2. The van der Waals surface area contributed by atoms with Crippen molar-refractivity contribution in [2.75, 3.05) is 6.54 Å². The van der Waals surface area contributed by atoms with Crippen molar-refractivity contribution in [3.63, 3.8) is 0 Å². The molecule has 4 heteroatoms. The minimum atomic E-state index is -0.216. The topological polar surface area (TPSA) is 43.8 Å².